The van der Waals surface area contributed by atoms with Crippen molar-refractivity contribution in [1.82, 2.24) is 10.2 Å². The average Bonchev–Trinajstić information content (AvgIpc) is 3.27. The minimum absolute atomic E-state index is 0.642. The molecule has 1 aromatic carbocycles. The van der Waals surface area contributed by atoms with Gasteiger partial charge in [0.15, 0.2) is 0 Å². The number of hydrogen-bond acceptors (Lipinski definition) is 2. The topological polar surface area (TPSA) is 15.3 Å². The van der Waals surface area contributed by atoms with Crippen LogP contribution in [0.5, 0.6) is 0 Å². The molecule has 1 aliphatic rings. The Labute approximate surface area is 132 Å². The van der Waals surface area contributed by atoms with Crippen LogP contribution in [0, 0.1) is 0 Å². The van der Waals surface area contributed by atoms with Crippen molar-refractivity contribution in [3.05, 3.63) is 33.8 Å². The minimum Gasteiger partial charge on any atom is -0.310 e. The highest BCUT2D eigenvalue weighted by molar-refractivity contribution is 9.10. The largest absolute Gasteiger partial charge is 0.310 e. The van der Waals surface area contributed by atoms with Gasteiger partial charge >= 0.3 is 0 Å². The van der Waals surface area contributed by atoms with E-state index in [-0.39, 0.29) is 0 Å². The number of rotatable bonds is 8. The standard InChI is InChI=1S/C17H27BrN2/c1-4-13(3)20(5-2)12-15-7-6-14(10-17(15)18)11-19-16-8-9-16/h6-7,10,13,16,19H,4-5,8-9,11-12H2,1-3H3. The molecule has 0 aliphatic heterocycles. The zero-order chi connectivity index (χ0) is 14.5. The van der Waals surface area contributed by atoms with E-state index < -0.39 is 0 Å². The summed E-state index contributed by atoms with van der Waals surface area (Å²) >= 11 is 3.74. The van der Waals surface area contributed by atoms with Crippen molar-refractivity contribution in [2.45, 2.75) is 65.2 Å². The number of halogens is 1. The van der Waals surface area contributed by atoms with E-state index in [1.54, 1.807) is 0 Å². The van der Waals surface area contributed by atoms with E-state index in [2.05, 4.69) is 65.1 Å². The SMILES string of the molecule is CCC(C)N(CC)Cc1ccc(CNC2CC2)cc1Br. The Hall–Kier alpha value is -0.380. The van der Waals surface area contributed by atoms with Crippen LogP contribution in [0.25, 0.3) is 0 Å². The van der Waals surface area contributed by atoms with Crippen molar-refractivity contribution >= 4 is 15.9 Å². The molecule has 1 fully saturated rings. The maximum atomic E-state index is 3.74. The summed E-state index contributed by atoms with van der Waals surface area (Å²) in [5.74, 6) is 0. The molecule has 0 amide bonds. The quantitative estimate of drug-likeness (QED) is 0.759. The lowest BCUT2D eigenvalue weighted by molar-refractivity contribution is 0.205. The second kappa shape index (κ2) is 7.58. The van der Waals surface area contributed by atoms with Crippen molar-refractivity contribution in [2.75, 3.05) is 6.54 Å². The van der Waals surface area contributed by atoms with Gasteiger partial charge in [-0.25, -0.2) is 0 Å². The van der Waals surface area contributed by atoms with Crippen LogP contribution in [0.1, 0.15) is 51.2 Å². The first kappa shape index (κ1) is 16.0. The van der Waals surface area contributed by atoms with E-state index in [0.717, 1.165) is 25.7 Å². The number of nitrogens with zero attached hydrogens (tertiary/aromatic N) is 1. The van der Waals surface area contributed by atoms with Gasteiger partial charge in [-0.3, -0.25) is 4.90 Å². The molecular weight excluding hydrogens is 312 g/mol. The summed E-state index contributed by atoms with van der Waals surface area (Å²) in [6.07, 6.45) is 3.90. The Kier molecular flexibility index (Phi) is 6.06. The average molecular weight is 339 g/mol. The third kappa shape index (κ3) is 4.57. The molecule has 2 nitrogen and oxygen atoms in total. The van der Waals surface area contributed by atoms with Crippen LogP contribution in [-0.4, -0.2) is 23.5 Å². The van der Waals surface area contributed by atoms with Crippen LogP contribution in [0.4, 0.5) is 0 Å². The highest BCUT2D eigenvalue weighted by Gasteiger charge is 2.20. The minimum atomic E-state index is 0.642. The van der Waals surface area contributed by atoms with Crippen LogP contribution in [-0.2, 0) is 13.1 Å². The molecule has 0 spiro atoms. The molecular formula is C17H27BrN2. The lowest BCUT2D eigenvalue weighted by Gasteiger charge is -2.27. The summed E-state index contributed by atoms with van der Waals surface area (Å²) < 4.78 is 1.24. The smallest absolute Gasteiger partial charge is 0.0247 e. The predicted octanol–water partition coefficient (Wildman–Crippen LogP) is 4.32. The van der Waals surface area contributed by atoms with Gasteiger partial charge < -0.3 is 5.32 Å². The summed E-state index contributed by atoms with van der Waals surface area (Å²) in [7, 11) is 0. The van der Waals surface area contributed by atoms with Crippen molar-refractivity contribution in [3.8, 4) is 0 Å². The Morgan fingerprint density at radius 3 is 2.65 bits per heavy atom. The zero-order valence-electron chi connectivity index (χ0n) is 13.0. The van der Waals surface area contributed by atoms with Crippen LogP contribution in [0.3, 0.4) is 0 Å². The molecule has 1 aromatic rings. The number of benzene rings is 1. The van der Waals surface area contributed by atoms with E-state index in [9.17, 15) is 0 Å². The Morgan fingerprint density at radius 2 is 2.10 bits per heavy atom. The second-order valence-corrected chi connectivity index (χ2v) is 6.76. The molecule has 0 aromatic heterocycles. The molecule has 1 N–H and O–H groups in total. The molecule has 1 aliphatic carbocycles. The summed E-state index contributed by atoms with van der Waals surface area (Å²) in [4.78, 5) is 2.53. The zero-order valence-corrected chi connectivity index (χ0v) is 14.5. The third-order valence-corrected chi connectivity index (χ3v) is 5.02. The van der Waals surface area contributed by atoms with Crippen LogP contribution in [0.15, 0.2) is 22.7 Å². The monoisotopic (exact) mass is 338 g/mol. The molecule has 112 valence electrons. The van der Waals surface area contributed by atoms with Gasteiger partial charge in [0, 0.05) is 29.6 Å². The van der Waals surface area contributed by atoms with Crippen molar-refractivity contribution < 1.29 is 0 Å². The predicted molar refractivity (Wildman–Crippen MR) is 89.8 cm³/mol. The fourth-order valence-corrected chi connectivity index (χ4v) is 2.99. The molecule has 1 saturated carbocycles. The second-order valence-electron chi connectivity index (χ2n) is 5.90. The van der Waals surface area contributed by atoms with Gasteiger partial charge in [0.05, 0.1) is 0 Å². The Bertz CT molecular complexity index is 429. The molecule has 0 heterocycles. The van der Waals surface area contributed by atoms with Gasteiger partial charge in [-0.2, -0.15) is 0 Å². The van der Waals surface area contributed by atoms with Crippen LogP contribution >= 0.6 is 15.9 Å². The van der Waals surface area contributed by atoms with Crippen LogP contribution in [0.2, 0.25) is 0 Å². The van der Waals surface area contributed by atoms with Crippen molar-refractivity contribution in [3.63, 3.8) is 0 Å². The van der Waals surface area contributed by atoms with Gasteiger partial charge in [0.2, 0.25) is 0 Å². The van der Waals surface area contributed by atoms with E-state index in [0.29, 0.717) is 6.04 Å². The highest BCUT2D eigenvalue weighted by Crippen LogP contribution is 2.23. The first-order valence-electron chi connectivity index (χ1n) is 7.88. The van der Waals surface area contributed by atoms with Gasteiger partial charge in [0.25, 0.3) is 0 Å². The Balaban J connectivity index is 1.96. The fraction of sp³-hybridized carbons (Fsp3) is 0.647. The summed E-state index contributed by atoms with van der Waals surface area (Å²) in [6.45, 7) is 9.94. The lowest BCUT2D eigenvalue weighted by Crippen LogP contribution is -2.31. The first-order valence-corrected chi connectivity index (χ1v) is 8.68. The molecule has 3 heteroatoms. The van der Waals surface area contributed by atoms with E-state index in [1.165, 1.54) is 34.9 Å². The summed E-state index contributed by atoms with van der Waals surface area (Å²) in [6, 6.07) is 8.23. The Morgan fingerprint density at radius 1 is 1.35 bits per heavy atom. The third-order valence-electron chi connectivity index (χ3n) is 4.28. The van der Waals surface area contributed by atoms with Crippen molar-refractivity contribution in [2.24, 2.45) is 0 Å². The van der Waals surface area contributed by atoms with E-state index in [1.807, 2.05) is 0 Å². The van der Waals surface area contributed by atoms with Gasteiger partial charge in [-0.1, -0.05) is 41.9 Å². The number of hydrogen-bond donors (Lipinski definition) is 1. The maximum absolute atomic E-state index is 3.74. The fourth-order valence-electron chi connectivity index (χ4n) is 2.43. The van der Waals surface area contributed by atoms with Crippen LogP contribution < -0.4 is 5.32 Å². The molecule has 1 atom stereocenters. The van der Waals surface area contributed by atoms with E-state index in [4.69, 9.17) is 0 Å². The van der Waals surface area contributed by atoms with Crippen molar-refractivity contribution in [1.29, 1.82) is 0 Å². The molecule has 0 bridgehead atoms. The summed E-state index contributed by atoms with van der Waals surface area (Å²) in [5, 5.41) is 3.57. The summed E-state index contributed by atoms with van der Waals surface area (Å²) in [5.41, 5.74) is 2.77. The number of nitrogens with one attached hydrogen (secondary N) is 1. The molecule has 2 rings (SSSR count). The highest BCUT2D eigenvalue weighted by atomic mass is 79.9. The lowest BCUT2D eigenvalue weighted by atomic mass is 10.1. The molecule has 0 radical (unpaired) electrons. The molecule has 0 saturated heterocycles. The van der Waals surface area contributed by atoms with E-state index >= 15 is 0 Å². The molecule has 20 heavy (non-hydrogen) atoms. The first-order chi connectivity index (χ1) is 9.63. The maximum Gasteiger partial charge on any atom is 0.0247 e. The molecule has 1 unspecified atom stereocenters. The normalized spacial score (nSPS) is 16.6. The van der Waals surface area contributed by atoms with Gasteiger partial charge in [-0.15, -0.1) is 0 Å². The van der Waals surface area contributed by atoms with Gasteiger partial charge in [-0.05, 0) is 49.9 Å². The van der Waals surface area contributed by atoms with Gasteiger partial charge in [0.1, 0.15) is 0 Å².